The third kappa shape index (κ3) is 5.05. The zero-order valence-corrected chi connectivity index (χ0v) is 16.4. The van der Waals surface area contributed by atoms with Gasteiger partial charge in [0.2, 0.25) is 5.91 Å². The van der Waals surface area contributed by atoms with Gasteiger partial charge in [0.05, 0.1) is 11.4 Å². The Kier molecular flexibility index (Phi) is 7.24. The van der Waals surface area contributed by atoms with Gasteiger partial charge < -0.3 is 9.88 Å². The number of rotatable bonds is 8. The van der Waals surface area contributed by atoms with Crippen molar-refractivity contribution in [2.45, 2.75) is 50.2 Å². The Labute approximate surface area is 152 Å². The quantitative estimate of drug-likeness (QED) is 0.687. The summed E-state index contributed by atoms with van der Waals surface area (Å²) in [7, 11) is 0. The standard InChI is InChI=1S/C18H25N3OS2/c1-5-6-10-21-14(3)13(2)19-18(21)24-12-17(22)20-15-8-7-9-16(11-15)23-4/h7-9,11H,5-6,10,12H2,1-4H3,(H,20,22). The van der Waals surface area contributed by atoms with Crippen molar-refractivity contribution in [3.05, 3.63) is 35.7 Å². The summed E-state index contributed by atoms with van der Waals surface area (Å²) < 4.78 is 2.23. The minimum atomic E-state index is -0.00130. The van der Waals surface area contributed by atoms with E-state index in [0.29, 0.717) is 5.75 Å². The number of nitrogens with zero attached hydrogens (tertiary/aromatic N) is 2. The second-order valence-corrected chi connectivity index (χ2v) is 7.46. The zero-order chi connectivity index (χ0) is 17.5. The molecule has 0 aliphatic heterocycles. The molecule has 1 heterocycles. The number of carbonyl (C=O) groups excluding carboxylic acids is 1. The largest absolute Gasteiger partial charge is 0.325 e. The van der Waals surface area contributed by atoms with Gasteiger partial charge in [0.15, 0.2) is 5.16 Å². The van der Waals surface area contributed by atoms with Crippen LogP contribution in [0.25, 0.3) is 0 Å². The Morgan fingerprint density at radius 3 is 2.83 bits per heavy atom. The molecule has 24 heavy (non-hydrogen) atoms. The van der Waals surface area contributed by atoms with E-state index in [0.717, 1.165) is 40.8 Å². The first-order valence-electron chi connectivity index (χ1n) is 8.15. The fourth-order valence-electron chi connectivity index (χ4n) is 2.34. The smallest absolute Gasteiger partial charge is 0.234 e. The molecule has 4 nitrogen and oxygen atoms in total. The molecule has 0 bridgehead atoms. The van der Waals surface area contributed by atoms with E-state index in [4.69, 9.17) is 0 Å². The lowest BCUT2D eigenvalue weighted by Crippen LogP contribution is -2.14. The predicted molar refractivity (Wildman–Crippen MR) is 104 cm³/mol. The highest BCUT2D eigenvalue weighted by Gasteiger charge is 2.13. The number of carbonyl (C=O) groups is 1. The highest BCUT2D eigenvalue weighted by atomic mass is 32.2. The Bertz CT molecular complexity index is 698. The van der Waals surface area contributed by atoms with Crippen molar-refractivity contribution in [1.82, 2.24) is 9.55 Å². The highest BCUT2D eigenvalue weighted by Crippen LogP contribution is 2.23. The Morgan fingerprint density at radius 2 is 2.12 bits per heavy atom. The lowest BCUT2D eigenvalue weighted by molar-refractivity contribution is -0.113. The van der Waals surface area contributed by atoms with Gasteiger partial charge in [-0.05, 0) is 44.7 Å². The molecule has 0 unspecified atom stereocenters. The van der Waals surface area contributed by atoms with Crippen molar-refractivity contribution in [2.24, 2.45) is 0 Å². The summed E-state index contributed by atoms with van der Waals surface area (Å²) in [5.74, 6) is 0.365. The Hall–Kier alpha value is -1.40. The second kappa shape index (κ2) is 9.18. The number of benzene rings is 1. The monoisotopic (exact) mass is 363 g/mol. The number of anilines is 1. The van der Waals surface area contributed by atoms with Crippen LogP contribution in [0.3, 0.4) is 0 Å². The minimum absolute atomic E-state index is 0.00130. The second-order valence-electron chi connectivity index (χ2n) is 5.64. The topological polar surface area (TPSA) is 46.9 Å². The van der Waals surface area contributed by atoms with Crippen LogP contribution in [0, 0.1) is 13.8 Å². The molecular weight excluding hydrogens is 338 g/mol. The van der Waals surface area contributed by atoms with E-state index in [1.165, 1.54) is 17.5 Å². The summed E-state index contributed by atoms with van der Waals surface area (Å²) in [6.07, 6.45) is 4.29. The van der Waals surface area contributed by atoms with Gasteiger partial charge in [-0.25, -0.2) is 4.98 Å². The lowest BCUT2D eigenvalue weighted by atomic mass is 10.3. The first-order valence-corrected chi connectivity index (χ1v) is 10.4. The molecule has 1 aromatic carbocycles. The lowest BCUT2D eigenvalue weighted by Gasteiger charge is -2.09. The number of aryl methyl sites for hydroxylation is 1. The maximum absolute atomic E-state index is 12.2. The van der Waals surface area contributed by atoms with Gasteiger partial charge in [-0.3, -0.25) is 4.79 Å². The van der Waals surface area contributed by atoms with Gasteiger partial charge in [0.25, 0.3) is 0 Å². The van der Waals surface area contributed by atoms with E-state index in [-0.39, 0.29) is 5.91 Å². The fraction of sp³-hybridized carbons (Fsp3) is 0.444. The molecule has 2 aromatic rings. The molecule has 0 saturated heterocycles. The molecule has 0 saturated carbocycles. The molecule has 0 aliphatic carbocycles. The molecule has 130 valence electrons. The van der Waals surface area contributed by atoms with E-state index in [9.17, 15) is 4.79 Å². The molecule has 1 amide bonds. The summed E-state index contributed by atoms with van der Waals surface area (Å²) in [5.41, 5.74) is 3.08. The minimum Gasteiger partial charge on any atom is -0.325 e. The van der Waals surface area contributed by atoms with Crippen LogP contribution in [0.15, 0.2) is 34.3 Å². The van der Waals surface area contributed by atoms with Crippen molar-refractivity contribution in [1.29, 1.82) is 0 Å². The Morgan fingerprint density at radius 1 is 1.33 bits per heavy atom. The number of aromatic nitrogens is 2. The van der Waals surface area contributed by atoms with Gasteiger partial charge in [0.1, 0.15) is 0 Å². The van der Waals surface area contributed by atoms with Crippen LogP contribution in [0.5, 0.6) is 0 Å². The highest BCUT2D eigenvalue weighted by molar-refractivity contribution is 7.99. The number of hydrogen-bond donors (Lipinski definition) is 1. The number of amides is 1. The van der Waals surface area contributed by atoms with Crippen LogP contribution in [0.2, 0.25) is 0 Å². The third-order valence-electron chi connectivity index (χ3n) is 3.84. The SMILES string of the molecule is CCCCn1c(SCC(=O)Nc2cccc(SC)c2)nc(C)c1C. The predicted octanol–water partition coefficient (Wildman–Crippen LogP) is 4.75. The molecule has 1 aromatic heterocycles. The summed E-state index contributed by atoms with van der Waals surface area (Å²) >= 11 is 3.17. The summed E-state index contributed by atoms with van der Waals surface area (Å²) in [6.45, 7) is 7.26. The molecule has 6 heteroatoms. The van der Waals surface area contributed by atoms with Crippen LogP contribution in [-0.4, -0.2) is 27.5 Å². The van der Waals surface area contributed by atoms with Crippen LogP contribution in [-0.2, 0) is 11.3 Å². The first-order chi connectivity index (χ1) is 11.5. The molecular formula is C18H25N3OS2. The molecule has 0 radical (unpaired) electrons. The fourth-order valence-corrected chi connectivity index (χ4v) is 3.72. The molecule has 0 fully saturated rings. The number of thioether (sulfide) groups is 2. The van der Waals surface area contributed by atoms with Crippen molar-refractivity contribution in [2.75, 3.05) is 17.3 Å². The van der Waals surface area contributed by atoms with Crippen molar-refractivity contribution in [3.8, 4) is 0 Å². The van der Waals surface area contributed by atoms with Gasteiger partial charge >= 0.3 is 0 Å². The van der Waals surface area contributed by atoms with E-state index >= 15 is 0 Å². The van der Waals surface area contributed by atoms with Crippen molar-refractivity contribution < 1.29 is 4.79 Å². The number of hydrogen-bond acceptors (Lipinski definition) is 4. The van der Waals surface area contributed by atoms with E-state index in [1.54, 1.807) is 11.8 Å². The third-order valence-corrected chi connectivity index (χ3v) is 5.55. The maximum atomic E-state index is 12.2. The van der Waals surface area contributed by atoms with Crippen LogP contribution >= 0.6 is 23.5 Å². The number of unbranched alkanes of at least 4 members (excludes halogenated alkanes) is 1. The van der Waals surface area contributed by atoms with Crippen LogP contribution in [0.1, 0.15) is 31.2 Å². The van der Waals surface area contributed by atoms with Crippen LogP contribution in [0.4, 0.5) is 5.69 Å². The molecule has 2 rings (SSSR count). The van der Waals surface area contributed by atoms with E-state index in [1.807, 2.05) is 37.4 Å². The summed E-state index contributed by atoms with van der Waals surface area (Å²) in [5, 5.41) is 3.90. The van der Waals surface area contributed by atoms with Gasteiger partial charge in [-0.2, -0.15) is 0 Å². The average Bonchev–Trinajstić information content (AvgIpc) is 2.85. The van der Waals surface area contributed by atoms with Gasteiger partial charge in [-0.1, -0.05) is 31.2 Å². The first kappa shape index (κ1) is 18.9. The maximum Gasteiger partial charge on any atom is 0.234 e. The normalized spacial score (nSPS) is 10.8. The number of nitrogens with one attached hydrogen (secondary N) is 1. The zero-order valence-electron chi connectivity index (χ0n) is 14.8. The Balaban J connectivity index is 1.97. The average molecular weight is 364 g/mol. The van der Waals surface area contributed by atoms with Crippen LogP contribution < -0.4 is 5.32 Å². The van der Waals surface area contributed by atoms with Gasteiger partial charge in [-0.15, -0.1) is 11.8 Å². The summed E-state index contributed by atoms with van der Waals surface area (Å²) in [4.78, 5) is 18.0. The molecule has 0 atom stereocenters. The van der Waals surface area contributed by atoms with Crippen molar-refractivity contribution in [3.63, 3.8) is 0 Å². The van der Waals surface area contributed by atoms with E-state index < -0.39 is 0 Å². The van der Waals surface area contributed by atoms with Gasteiger partial charge in [0, 0.05) is 22.8 Å². The molecule has 0 aliphatic rings. The summed E-state index contributed by atoms with van der Waals surface area (Å²) in [6, 6.07) is 7.90. The number of imidazole rings is 1. The van der Waals surface area contributed by atoms with Crippen molar-refractivity contribution >= 4 is 35.1 Å². The molecule has 0 spiro atoms. The van der Waals surface area contributed by atoms with E-state index in [2.05, 4.69) is 28.7 Å². The molecule has 1 N–H and O–H groups in total.